The lowest BCUT2D eigenvalue weighted by Crippen LogP contribution is -2.59. The van der Waals surface area contributed by atoms with Gasteiger partial charge in [0.2, 0.25) is 0 Å². The van der Waals surface area contributed by atoms with Crippen molar-refractivity contribution in [1.82, 2.24) is 34.2 Å². The van der Waals surface area contributed by atoms with Crippen molar-refractivity contribution in [3.05, 3.63) is 54.1 Å². The van der Waals surface area contributed by atoms with Crippen LogP contribution in [-0.2, 0) is 23.6 Å². The number of hydrogen-bond donors (Lipinski definition) is 0. The number of anilines is 1. The third kappa shape index (κ3) is 8.43. The van der Waals surface area contributed by atoms with Gasteiger partial charge in [-0.25, -0.2) is 19.2 Å². The number of imidazole rings is 2. The van der Waals surface area contributed by atoms with E-state index in [0.717, 1.165) is 17.8 Å². The number of carbonyl (C=O) groups excluding carboxylic acids is 1. The highest BCUT2D eigenvalue weighted by Gasteiger charge is 2.52. The Balaban J connectivity index is 1.15. The molecule has 0 radical (unpaired) electrons. The van der Waals surface area contributed by atoms with Gasteiger partial charge in [-0.3, -0.25) is 4.90 Å². The fraction of sp³-hybridized carbons (Fsp3) is 0.541. The van der Waals surface area contributed by atoms with Crippen LogP contribution in [0.2, 0.25) is 6.55 Å². The topological polar surface area (TPSA) is 131 Å². The molecule has 1 amide bonds. The zero-order valence-corrected chi connectivity index (χ0v) is 33.5. The normalized spacial score (nSPS) is 20.5. The maximum absolute atomic E-state index is 16.1. The number of aryl methyl sites for hydroxylation is 2. The van der Waals surface area contributed by atoms with Crippen molar-refractivity contribution >= 4 is 21.4 Å². The Morgan fingerprint density at radius 2 is 1.91 bits per heavy atom. The third-order valence-electron chi connectivity index (χ3n) is 10.0. The minimum Gasteiger partial charge on any atom is -0.467 e. The van der Waals surface area contributed by atoms with Crippen LogP contribution < -0.4 is 19.1 Å². The van der Waals surface area contributed by atoms with E-state index in [9.17, 15) is 4.79 Å². The van der Waals surface area contributed by atoms with Gasteiger partial charge in [0.1, 0.15) is 29.0 Å². The summed E-state index contributed by atoms with van der Waals surface area (Å²) in [5.41, 5.74) is 2.49. The number of piperidine rings is 1. The van der Waals surface area contributed by atoms with Crippen molar-refractivity contribution in [3.63, 3.8) is 0 Å². The summed E-state index contributed by atoms with van der Waals surface area (Å²) in [5, 5.41) is 9.05. The Morgan fingerprint density at radius 1 is 1.11 bits per heavy atom. The van der Waals surface area contributed by atoms with E-state index < -0.39 is 39.5 Å². The quantitative estimate of drug-likeness (QED) is 0.100. The molecule has 4 aromatic rings. The van der Waals surface area contributed by atoms with Crippen molar-refractivity contribution in [2.75, 3.05) is 25.3 Å². The number of carbonyl (C=O) groups is 1. The van der Waals surface area contributed by atoms with Gasteiger partial charge < -0.3 is 37.7 Å². The largest absolute Gasteiger partial charge is 0.467 e. The number of fused-ring (bicyclic) bond motifs is 2. The van der Waals surface area contributed by atoms with Gasteiger partial charge >= 0.3 is 12.1 Å². The van der Waals surface area contributed by atoms with Crippen LogP contribution in [-0.4, -0.2) is 106 Å². The molecule has 0 spiro atoms. The highest BCUT2D eigenvalue weighted by atomic mass is 28.2. The van der Waals surface area contributed by atoms with Crippen LogP contribution in [0.4, 0.5) is 15.0 Å². The number of alkyl halides is 1. The predicted molar refractivity (Wildman–Crippen MR) is 200 cm³/mol. The SMILES string of the molecule is C[SiH2]C(COCOc1cc(Oc2nccn2C)ccc1-c1ccc(N(C)[C@@H]2C[C@H]3CC[C@@H]([C@@H]2F)N3C(=O)OC(C)(C)C)nn1)Oc1nc(C)c(C)n1C. The molecule has 0 saturated carbocycles. The number of nitrogens with zero attached hydrogens (tertiary/aromatic N) is 8. The van der Waals surface area contributed by atoms with Crippen LogP contribution >= 0.6 is 0 Å². The lowest BCUT2D eigenvalue weighted by Gasteiger charge is -2.44. The number of hydrogen-bond acceptors (Lipinski definition) is 11. The molecule has 5 heterocycles. The second kappa shape index (κ2) is 15.7. The molecule has 2 aliphatic rings. The number of benzene rings is 1. The number of halogens is 1. The van der Waals surface area contributed by atoms with Crippen molar-refractivity contribution in [1.29, 1.82) is 0 Å². The second-order valence-electron chi connectivity index (χ2n) is 14.8. The van der Waals surface area contributed by atoms with E-state index in [-0.39, 0.29) is 18.6 Å². The average molecular weight is 751 g/mol. The minimum atomic E-state index is -1.27. The maximum Gasteiger partial charge on any atom is 0.410 e. The summed E-state index contributed by atoms with van der Waals surface area (Å²) in [5.74, 6) is 1.52. The van der Waals surface area contributed by atoms with Gasteiger partial charge in [-0.05, 0) is 78.1 Å². The second-order valence-corrected chi connectivity index (χ2v) is 16.5. The minimum absolute atomic E-state index is 0.0395. The van der Waals surface area contributed by atoms with E-state index >= 15 is 4.39 Å². The number of ether oxygens (including phenoxy) is 5. The zero-order valence-electron chi connectivity index (χ0n) is 32.1. The third-order valence-corrected chi connectivity index (χ3v) is 11.3. The Kier molecular flexibility index (Phi) is 11.3. The molecule has 0 N–H and O–H groups in total. The van der Waals surface area contributed by atoms with E-state index in [1.807, 2.05) is 89.5 Å². The molecule has 53 heavy (non-hydrogen) atoms. The van der Waals surface area contributed by atoms with E-state index in [1.165, 1.54) is 0 Å². The summed E-state index contributed by atoms with van der Waals surface area (Å²) in [6.07, 6.45) is 3.55. The van der Waals surface area contributed by atoms with E-state index in [1.54, 1.807) is 27.9 Å². The summed E-state index contributed by atoms with van der Waals surface area (Å²) in [6.45, 7) is 11.9. The Hall–Kier alpha value is -4.70. The molecule has 3 aromatic heterocycles. The van der Waals surface area contributed by atoms with Crippen molar-refractivity contribution in [2.45, 2.75) is 96.1 Å². The number of amides is 1. The molecule has 2 bridgehead atoms. The molecule has 1 unspecified atom stereocenters. The Morgan fingerprint density at radius 3 is 2.55 bits per heavy atom. The molecule has 286 valence electrons. The van der Waals surface area contributed by atoms with Crippen LogP contribution in [0.5, 0.6) is 23.5 Å². The molecule has 0 aliphatic carbocycles. The summed E-state index contributed by atoms with van der Waals surface area (Å²) >= 11 is 0. The van der Waals surface area contributed by atoms with E-state index in [4.69, 9.17) is 23.7 Å². The van der Waals surface area contributed by atoms with Crippen LogP contribution in [0, 0.1) is 13.8 Å². The van der Waals surface area contributed by atoms with E-state index in [2.05, 4.69) is 26.7 Å². The summed E-state index contributed by atoms with van der Waals surface area (Å²) in [6, 6.07) is 8.99. The van der Waals surface area contributed by atoms with Crippen molar-refractivity contribution in [2.24, 2.45) is 14.1 Å². The average Bonchev–Trinajstić information content (AvgIpc) is 3.77. The van der Waals surface area contributed by atoms with Crippen LogP contribution in [0.3, 0.4) is 0 Å². The lowest BCUT2D eigenvalue weighted by atomic mass is 9.94. The molecular formula is C37H51FN8O6Si. The summed E-state index contributed by atoms with van der Waals surface area (Å²) in [4.78, 5) is 25.2. The standard InChI is InChI=1S/C37H51FN8O6Si/c1-22-23(2)44(7)35(40-22)51-32(53-9)20-48-21-49-30-19-25(50-34-39-16-17-43(34)6)11-12-26(30)27-13-15-31(42-41-27)45(8)29-18-24-10-14-28(33(29)38)46(24)36(47)52-37(3,4)5/h11-13,15-17,19,24,28-29,32-33H,10,14,18,20-21,53H2,1-9H3/t24-,28+,29-,32?,33+/m1/s1. The van der Waals surface area contributed by atoms with Gasteiger partial charge in [0.15, 0.2) is 12.6 Å². The maximum atomic E-state index is 16.1. The molecular weight excluding hydrogens is 700 g/mol. The fourth-order valence-electron chi connectivity index (χ4n) is 6.83. The molecule has 5 atom stereocenters. The molecule has 14 nitrogen and oxygen atoms in total. The first-order chi connectivity index (χ1) is 25.2. The number of aromatic nitrogens is 6. The monoisotopic (exact) mass is 750 g/mol. The van der Waals surface area contributed by atoms with Crippen molar-refractivity contribution < 1.29 is 32.9 Å². The molecule has 16 heteroatoms. The highest BCUT2D eigenvalue weighted by Crippen LogP contribution is 2.41. The number of rotatable bonds is 13. The fourth-order valence-corrected chi connectivity index (χ4v) is 7.55. The molecule has 2 fully saturated rings. The smallest absolute Gasteiger partial charge is 0.410 e. The molecule has 6 rings (SSSR count). The van der Waals surface area contributed by atoms with Gasteiger partial charge in [0.05, 0.1) is 39.6 Å². The summed E-state index contributed by atoms with van der Waals surface area (Å²) in [7, 11) is 5.01. The molecule has 2 aliphatic heterocycles. The first-order valence-corrected chi connectivity index (χ1v) is 20.4. The lowest BCUT2D eigenvalue weighted by molar-refractivity contribution is -0.0104. The first kappa shape index (κ1) is 38.0. The predicted octanol–water partition coefficient (Wildman–Crippen LogP) is 5.31. The van der Waals surface area contributed by atoms with Crippen LogP contribution in [0.15, 0.2) is 42.7 Å². The molecule has 2 saturated heterocycles. The Labute approximate surface area is 312 Å². The highest BCUT2D eigenvalue weighted by molar-refractivity contribution is 6.35. The van der Waals surface area contributed by atoms with Crippen LogP contribution in [0.1, 0.15) is 51.4 Å². The molecule has 1 aromatic carbocycles. The first-order valence-electron chi connectivity index (χ1n) is 18.1. The van der Waals surface area contributed by atoms with Crippen molar-refractivity contribution in [3.8, 4) is 34.8 Å². The van der Waals surface area contributed by atoms with E-state index in [0.29, 0.717) is 60.0 Å². The zero-order chi connectivity index (χ0) is 38.0. The van der Waals surface area contributed by atoms with Gasteiger partial charge in [0.25, 0.3) is 6.01 Å². The van der Waals surface area contributed by atoms with Gasteiger partial charge in [0, 0.05) is 56.9 Å². The summed E-state index contributed by atoms with van der Waals surface area (Å²) < 4.78 is 49.8. The van der Waals surface area contributed by atoms with Gasteiger partial charge in [-0.1, -0.05) is 6.55 Å². The van der Waals surface area contributed by atoms with Gasteiger partial charge in [-0.15, -0.1) is 10.2 Å². The van der Waals surface area contributed by atoms with Gasteiger partial charge in [-0.2, -0.15) is 0 Å². The Bertz CT molecular complexity index is 1880. The van der Waals surface area contributed by atoms with Crippen LogP contribution in [0.25, 0.3) is 11.3 Å².